The summed E-state index contributed by atoms with van der Waals surface area (Å²) < 4.78 is 27.1. The molecule has 1 atom stereocenters. The molecule has 0 aromatic heterocycles. The number of halogens is 1. The van der Waals surface area contributed by atoms with Crippen LogP contribution in [0.3, 0.4) is 0 Å². The van der Waals surface area contributed by atoms with Gasteiger partial charge in [0.15, 0.2) is 0 Å². The number of sulfonamides is 1. The molecule has 1 aromatic rings. The Hall–Kier alpha value is -1.17. The Morgan fingerprint density at radius 3 is 2.92 bits per heavy atom. The zero-order chi connectivity index (χ0) is 17.6. The van der Waals surface area contributed by atoms with Crippen LogP contribution in [0.2, 0.25) is 5.02 Å². The first-order chi connectivity index (χ1) is 11.5. The van der Waals surface area contributed by atoms with Crippen LogP contribution in [-0.4, -0.2) is 51.2 Å². The van der Waals surface area contributed by atoms with Gasteiger partial charge in [-0.3, -0.25) is 0 Å². The Labute approximate surface area is 148 Å². The minimum Gasteiger partial charge on any atom is -0.396 e. The van der Waals surface area contributed by atoms with Crippen LogP contribution < -0.4 is 4.72 Å². The number of aliphatic hydroxyl groups excluding tert-OH is 1. The quantitative estimate of drug-likeness (QED) is 0.710. The predicted octanol–water partition coefficient (Wildman–Crippen LogP) is 1.58. The molecule has 2 N–H and O–H groups in total. The second-order valence-electron chi connectivity index (χ2n) is 6.00. The van der Waals surface area contributed by atoms with E-state index in [9.17, 15) is 13.5 Å². The van der Waals surface area contributed by atoms with Crippen LogP contribution in [0.5, 0.6) is 0 Å². The summed E-state index contributed by atoms with van der Waals surface area (Å²) in [6, 6.07) is 6.05. The number of likely N-dealkylation sites (tertiary alicyclic amines) is 1. The highest BCUT2D eigenvalue weighted by atomic mass is 35.5. The molecule has 6 nitrogen and oxygen atoms in total. The van der Waals surface area contributed by atoms with Gasteiger partial charge in [-0.05, 0) is 56.5 Å². The molecule has 0 aliphatic carbocycles. The highest BCUT2D eigenvalue weighted by Gasteiger charge is 2.20. The highest BCUT2D eigenvalue weighted by Crippen LogP contribution is 2.22. The van der Waals surface area contributed by atoms with E-state index in [1.165, 1.54) is 18.2 Å². The predicted molar refractivity (Wildman–Crippen MR) is 92.2 cm³/mol. The summed E-state index contributed by atoms with van der Waals surface area (Å²) in [5.41, 5.74) is 0.322. The molecule has 24 heavy (non-hydrogen) atoms. The molecule has 0 radical (unpaired) electrons. The van der Waals surface area contributed by atoms with Crippen LogP contribution in [0.25, 0.3) is 0 Å². The summed E-state index contributed by atoms with van der Waals surface area (Å²) in [6.45, 7) is 3.18. The van der Waals surface area contributed by atoms with E-state index in [0.29, 0.717) is 24.4 Å². The first kappa shape index (κ1) is 19.2. The van der Waals surface area contributed by atoms with Crippen molar-refractivity contribution in [2.45, 2.75) is 24.2 Å². The van der Waals surface area contributed by atoms with Gasteiger partial charge in [0.2, 0.25) is 10.0 Å². The summed E-state index contributed by atoms with van der Waals surface area (Å²) >= 11 is 5.96. The molecule has 0 amide bonds. The summed E-state index contributed by atoms with van der Waals surface area (Å²) in [5, 5.41) is 18.1. The fourth-order valence-corrected chi connectivity index (χ4v) is 4.50. The summed E-state index contributed by atoms with van der Waals surface area (Å²) in [4.78, 5) is 2.24. The number of hydrogen-bond donors (Lipinski definition) is 2. The van der Waals surface area contributed by atoms with E-state index < -0.39 is 10.0 Å². The molecule has 0 bridgehead atoms. The lowest BCUT2D eigenvalue weighted by atomic mass is 9.99. The molecule has 1 aliphatic heterocycles. The van der Waals surface area contributed by atoms with Crippen LogP contribution in [0.1, 0.15) is 24.8 Å². The molecule has 0 saturated carbocycles. The molecule has 1 aromatic carbocycles. The Balaban J connectivity index is 1.84. The summed E-state index contributed by atoms with van der Waals surface area (Å²) in [7, 11) is -3.68. The first-order valence-electron chi connectivity index (χ1n) is 7.99. The van der Waals surface area contributed by atoms with Gasteiger partial charge in [0.25, 0.3) is 0 Å². The minimum absolute atomic E-state index is 0.0125. The second-order valence-corrected chi connectivity index (χ2v) is 8.14. The van der Waals surface area contributed by atoms with Gasteiger partial charge < -0.3 is 10.0 Å². The van der Waals surface area contributed by atoms with Crippen molar-refractivity contribution in [2.24, 2.45) is 5.92 Å². The van der Waals surface area contributed by atoms with Crippen molar-refractivity contribution < 1.29 is 13.5 Å². The average Bonchev–Trinajstić information content (AvgIpc) is 2.58. The Morgan fingerprint density at radius 2 is 2.25 bits per heavy atom. The fourth-order valence-electron chi connectivity index (χ4n) is 2.88. The van der Waals surface area contributed by atoms with E-state index in [2.05, 4.69) is 9.62 Å². The van der Waals surface area contributed by atoms with E-state index in [4.69, 9.17) is 16.9 Å². The maximum atomic E-state index is 12.3. The molecule has 132 valence electrons. The van der Waals surface area contributed by atoms with Crippen molar-refractivity contribution in [1.82, 2.24) is 9.62 Å². The maximum absolute atomic E-state index is 12.3. The smallest absolute Gasteiger partial charge is 0.242 e. The molecule has 2 rings (SSSR count). The molecule has 1 saturated heterocycles. The Morgan fingerprint density at radius 1 is 1.46 bits per heavy atom. The lowest BCUT2D eigenvalue weighted by Crippen LogP contribution is -2.38. The monoisotopic (exact) mass is 371 g/mol. The summed E-state index contributed by atoms with van der Waals surface area (Å²) in [6.07, 6.45) is 2.81. The first-order valence-corrected chi connectivity index (χ1v) is 9.85. The summed E-state index contributed by atoms with van der Waals surface area (Å²) in [5.74, 6) is 0.327. The average molecular weight is 372 g/mol. The van der Waals surface area contributed by atoms with E-state index in [0.717, 1.165) is 32.5 Å². The van der Waals surface area contributed by atoms with Crippen molar-refractivity contribution in [3.05, 3.63) is 28.8 Å². The van der Waals surface area contributed by atoms with Gasteiger partial charge in [0.05, 0.1) is 16.7 Å². The number of nitrogens with one attached hydrogen (secondary N) is 1. The van der Waals surface area contributed by atoms with E-state index in [-0.39, 0.29) is 16.5 Å². The Bertz CT molecular complexity index is 703. The van der Waals surface area contributed by atoms with Gasteiger partial charge in [-0.1, -0.05) is 11.6 Å². The van der Waals surface area contributed by atoms with E-state index >= 15 is 0 Å². The number of hydrogen-bond acceptors (Lipinski definition) is 5. The number of rotatable bonds is 7. The van der Waals surface area contributed by atoms with Crippen LogP contribution in [0.4, 0.5) is 0 Å². The normalized spacial score (nSPS) is 19.1. The lowest BCUT2D eigenvalue weighted by Gasteiger charge is -2.31. The SMILES string of the molecule is N#Cc1ccc(S(=O)(=O)NCCCN2CCC[C@@H](CO)C2)c(Cl)c1. The zero-order valence-electron chi connectivity index (χ0n) is 13.4. The highest BCUT2D eigenvalue weighted by molar-refractivity contribution is 7.89. The molecule has 1 aliphatic rings. The molecule has 8 heteroatoms. The number of nitriles is 1. The number of benzene rings is 1. The standard InChI is InChI=1S/C16H22ClN3O3S/c17-15-9-13(10-18)4-5-16(15)24(22,23)19-6-2-8-20-7-1-3-14(11-20)12-21/h4-5,9,14,19,21H,1-3,6-8,11-12H2/t14-/m1/s1. The van der Waals surface area contributed by atoms with Gasteiger partial charge in [-0.15, -0.1) is 0 Å². The topological polar surface area (TPSA) is 93.4 Å². The van der Waals surface area contributed by atoms with Crippen molar-refractivity contribution in [1.29, 1.82) is 5.26 Å². The van der Waals surface area contributed by atoms with Gasteiger partial charge in [0.1, 0.15) is 4.90 Å². The zero-order valence-corrected chi connectivity index (χ0v) is 15.0. The lowest BCUT2D eigenvalue weighted by molar-refractivity contribution is 0.120. The fraction of sp³-hybridized carbons (Fsp3) is 0.562. The molecule has 1 fully saturated rings. The number of piperidine rings is 1. The van der Waals surface area contributed by atoms with Crippen molar-refractivity contribution in [3.63, 3.8) is 0 Å². The van der Waals surface area contributed by atoms with Crippen LogP contribution in [0.15, 0.2) is 23.1 Å². The van der Waals surface area contributed by atoms with Crippen molar-refractivity contribution in [2.75, 3.05) is 32.8 Å². The maximum Gasteiger partial charge on any atom is 0.242 e. The molecule has 1 heterocycles. The van der Waals surface area contributed by atoms with Crippen LogP contribution in [-0.2, 0) is 10.0 Å². The molecule has 0 unspecified atom stereocenters. The van der Waals surface area contributed by atoms with Gasteiger partial charge in [-0.2, -0.15) is 5.26 Å². The van der Waals surface area contributed by atoms with E-state index in [1.807, 2.05) is 6.07 Å². The van der Waals surface area contributed by atoms with Gasteiger partial charge in [0, 0.05) is 19.7 Å². The van der Waals surface area contributed by atoms with Gasteiger partial charge >= 0.3 is 0 Å². The van der Waals surface area contributed by atoms with Crippen LogP contribution in [0, 0.1) is 17.2 Å². The largest absolute Gasteiger partial charge is 0.396 e. The third-order valence-electron chi connectivity index (χ3n) is 4.16. The van der Waals surface area contributed by atoms with Gasteiger partial charge in [-0.25, -0.2) is 13.1 Å². The second kappa shape index (κ2) is 8.79. The molecular weight excluding hydrogens is 350 g/mol. The molecule has 0 spiro atoms. The van der Waals surface area contributed by atoms with Crippen LogP contribution >= 0.6 is 11.6 Å². The minimum atomic E-state index is -3.68. The Kier molecular flexibility index (Phi) is 7.02. The third kappa shape index (κ3) is 5.16. The van der Waals surface area contributed by atoms with Crippen molar-refractivity contribution in [3.8, 4) is 6.07 Å². The molecular formula is C16H22ClN3O3S. The van der Waals surface area contributed by atoms with E-state index in [1.54, 1.807) is 0 Å². The number of nitrogens with zero attached hydrogens (tertiary/aromatic N) is 2. The number of aliphatic hydroxyl groups is 1. The third-order valence-corrected chi connectivity index (χ3v) is 6.10. The van der Waals surface area contributed by atoms with Crippen molar-refractivity contribution >= 4 is 21.6 Å².